The third kappa shape index (κ3) is 4.10. The third-order valence-corrected chi connectivity index (χ3v) is 5.89. The molecule has 0 saturated carbocycles. The summed E-state index contributed by atoms with van der Waals surface area (Å²) >= 11 is 1.64. The first-order valence-corrected chi connectivity index (χ1v) is 10.1. The monoisotopic (exact) mass is 372 g/mol. The van der Waals surface area contributed by atoms with E-state index < -0.39 is 0 Å². The highest BCUT2D eigenvalue weighted by Gasteiger charge is 2.29. The quantitative estimate of drug-likeness (QED) is 0.795. The highest BCUT2D eigenvalue weighted by Crippen LogP contribution is 2.31. The molecule has 0 spiro atoms. The highest BCUT2D eigenvalue weighted by molar-refractivity contribution is 8.16. The SMILES string of the molecule is O=C(CC1=CSC2=NCCCN12)N1CCC[C@H](OCc2cccnc2)C1. The van der Waals surface area contributed by atoms with Gasteiger partial charge in [0.1, 0.15) is 0 Å². The Morgan fingerprint density at radius 1 is 1.35 bits per heavy atom. The van der Waals surface area contributed by atoms with Crippen molar-refractivity contribution in [3.63, 3.8) is 0 Å². The minimum absolute atomic E-state index is 0.104. The van der Waals surface area contributed by atoms with Crippen LogP contribution in [-0.2, 0) is 16.1 Å². The largest absolute Gasteiger partial charge is 0.372 e. The van der Waals surface area contributed by atoms with E-state index in [1.54, 1.807) is 18.0 Å². The van der Waals surface area contributed by atoms with Gasteiger partial charge >= 0.3 is 0 Å². The fourth-order valence-electron chi connectivity index (χ4n) is 3.54. The normalized spacial score (nSPS) is 22.7. The minimum atomic E-state index is 0.104. The molecule has 1 atom stereocenters. The van der Waals surface area contributed by atoms with Crippen LogP contribution in [0.3, 0.4) is 0 Å². The Kier molecular flexibility index (Phi) is 5.55. The number of fused-ring (bicyclic) bond motifs is 1. The van der Waals surface area contributed by atoms with Crippen LogP contribution < -0.4 is 0 Å². The zero-order valence-corrected chi connectivity index (χ0v) is 15.7. The van der Waals surface area contributed by atoms with Gasteiger partial charge in [0, 0.05) is 44.3 Å². The topological polar surface area (TPSA) is 58.0 Å². The minimum Gasteiger partial charge on any atom is -0.372 e. The van der Waals surface area contributed by atoms with E-state index in [-0.39, 0.29) is 12.0 Å². The van der Waals surface area contributed by atoms with E-state index in [0.29, 0.717) is 19.6 Å². The maximum absolute atomic E-state index is 12.8. The molecule has 4 heterocycles. The molecule has 1 amide bonds. The zero-order valence-electron chi connectivity index (χ0n) is 14.8. The van der Waals surface area contributed by atoms with Crippen LogP contribution in [0.25, 0.3) is 0 Å². The number of carbonyl (C=O) groups is 1. The summed E-state index contributed by atoms with van der Waals surface area (Å²) < 4.78 is 6.02. The molecule has 3 aliphatic heterocycles. The van der Waals surface area contributed by atoms with E-state index in [4.69, 9.17) is 4.74 Å². The molecule has 1 aromatic heterocycles. The number of aliphatic imine (C=N–C) groups is 1. The summed E-state index contributed by atoms with van der Waals surface area (Å²) in [7, 11) is 0. The van der Waals surface area contributed by atoms with Crippen molar-refractivity contribution in [2.75, 3.05) is 26.2 Å². The number of amidine groups is 1. The number of amides is 1. The van der Waals surface area contributed by atoms with Crippen LogP contribution in [0.15, 0.2) is 40.6 Å². The van der Waals surface area contributed by atoms with Crippen LogP contribution in [0, 0.1) is 0 Å². The fourth-order valence-corrected chi connectivity index (χ4v) is 4.49. The zero-order chi connectivity index (χ0) is 17.8. The second-order valence-electron chi connectivity index (χ2n) is 6.85. The van der Waals surface area contributed by atoms with E-state index in [2.05, 4.69) is 20.3 Å². The number of carbonyl (C=O) groups excluding carboxylic acids is 1. The lowest BCUT2D eigenvalue weighted by molar-refractivity contribution is -0.135. The Bertz CT molecular complexity index is 707. The summed E-state index contributed by atoms with van der Waals surface area (Å²) in [5.74, 6) is 0.193. The number of pyridine rings is 1. The number of ether oxygens (including phenoxy) is 1. The number of thioether (sulfide) groups is 1. The molecule has 0 N–H and O–H groups in total. The molecular weight excluding hydrogens is 348 g/mol. The van der Waals surface area contributed by atoms with Gasteiger partial charge in [-0.15, -0.1) is 0 Å². The van der Waals surface area contributed by atoms with Crippen LogP contribution in [0.2, 0.25) is 0 Å². The maximum atomic E-state index is 12.8. The molecule has 7 heteroatoms. The van der Waals surface area contributed by atoms with Crippen molar-refractivity contribution in [1.82, 2.24) is 14.8 Å². The lowest BCUT2D eigenvalue weighted by atomic mass is 10.1. The molecule has 3 aliphatic rings. The number of likely N-dealkylation sites (tertiary alicyclic amines) is 1. The number of hydrogen-bond acceptors (Lipinski definition) is 6. The fraction of sp³-hybridized carbons (Fsp3) is 0.526. The van der Waals surface area contributed by atoms with E-state index >= 15 is 0 Å². The predicted molar refractivity (Wildman–Crippen MR) is 103 cm³/mol. The van der Waals surface area contributed by atoms with Gasteiger partial charge in [-0.2, -0.15) is 0 Å². The molecule has 138 valence electrons. The summed E-state index contributed by atoms with van der Waals surface area (Å²) in [4.78, 5) is 25.6. The summed E-state index contributed by atoms with van der Waals surface area (Å²) in [5.41, 5.74) is 2.16. The van der Waals surface area contributed by atoms with E-state index in [1.807, 2.05) is 23.2 Å². The lowest BCUT2D eigenvalue weighted by Crippen LogP contribution is -2.44. The Morgan fingerprint density at radius 3 is 3.19 bits per heavy atom. The molecule has 1 aromatic rings. The Labute approximate surface area is 158 Å². The Balaban J connectivity index is 1.29. The molecule has 0 bridgehead atoms. The van der Waals surface area contributed by atoms with Crippen molar-refractivity contribution in [3.05, 3.63) is 41.2 Å². The predicted octanol–water partition coefficient (Wildman–Crippen LogP) is 2.63. The van der Waals surface area contributed by atoms with Gasteiger partial charge < -0.3 is 14.5 Å². The van der Waals surface area contributed by atoms with Crippen molar-refractivity contribution in [2.45, 2.75) is 38.4 Å². The molecule has 0 unspecified atom stereocenters. The van der Waals surface area contributed by atoms with Crippen LogP contribution in [-0.4, -0.2) is 58.1 Å². The van der Waals surface area contributed by atoms with Gasteiger partial charge in [-0.3, -0.25) is 14.8 Å². The van der Waals surface area contributed by atoms with Crippen LogP contribution in [0.4, 0.5) is 0 Å². The molecular formula is C19H24N4O2S. The summed E-state index contributed by atoms with van der Waals surface area (Å²) in [6.07, 6.45) is 7.21. The van der Waals surface area contributed by atoms with Gasteiger partial charge in [0.05, 0.1) is 19.1 Å². The van der Waals surface area contributed by atoms with Gasteiger partial charge in [0.15, 0.2) is 5.17 Å². The van der Waals surface area contributed by atoms with Gasteiger partial charge in [-0.05, 0) is 36.3 Å². The summed E-state index contributed by atoms with van der Waals surface area (Å²) in [5, 5.41) is 3.14. The number of nitrogens with zero attached hydrogens (tertiary/aromatic N) is 4. The number of hydrogen-bond donors (Lipinski definition) is 0. The average molecular weight is 372 g/mol. The molecule has 4 rings (SSSR count). The Hall–Kier alpha value is -1.86. The van der Waals surface area contributed by atoms with Gasteiger partial charge in [0.2, 0.25) is 5.91 Å². The van der Waals surface area contributed by atoms with Crippen molar-refractivity contribution in [3.8, 4) is 0 Å². The molecule has 1 saturated heterocycles. The second kappa shape index (κ2) is 8.22. The van der Waals surface area contributed by atoms with Crippen molar-refractivity contribution >= 4 is 22.8 Å². The standard InChI is InChI=1S/C19H24N4O2S/c24-18(10-16-14-26-19-21-7-3-9-23(16)19)22-8-2-5-17(12-22)25-13-15-4-1-6-20-11-15/h1,4,6,11,14,17H,2-3,5,7-10,12-13H2/t17-/m0/s1. The van der Waals surface area contributed by atoms with Crippen LogP contribution in [0.5, 0.6) is 0 Å². The molecule has 0 aliphatic carbocycles. The first-order chi connectivity index (χ1) is 12.8. The van der Waals surface area contributed by atoms with Crippen molar-refractivity contribution < 1.29 is 9.53 Å². The van der Waals surface area contributed by atoms with Crippen LogP contribution in [0.1, 0.15) is 31.2 Å². The Morgan fingerprint density at radius 2 is 2.31 bits per heavy atom. The molecule has 0 radical (unpaired) electrons. The van der Waals surface area contributed by atoms with Gasteiger partial charge in [0.25, 0.3) is 0 Å². The molecule has 26 heavy (non-hydrogen) atoms. The first kappa shape index (κ1) is 17.5. The smallest absolute Gasteiger partial charge is 0.228 e. The molecule has 0 aromatic carbocycles. The summed E-state index contributed by atoms with van der Waals surface area (Å²) in [6.45, 7) is 3.93. The first-order valence-electron chi connectivity index (χ1n) is 9.25. The second-order valence-corrected chi connectivity index (χ2v) is 7.69. The highest BCUT2D eigenvalue weighted by atomic mass is 32.2. The van der Waals surface area contributed by atoms with Gasteiger partial charge in [-0.1, -0.05) is 17.8 Å². The number of rotatable bonds is 5. The van der Waals surface area contributed by atoms with Gasteiger partial charge in [-0.25, -0.2) is 0 Å². The summed E-state index contributed by atoms with van der Waals surface area (Å²) in [6, 6.07) is 3.93. The van der Waals surface area contributed by atoms with Crippen LogP contribution >= 0.6 is 11.8 Å². The van der Waals surface area contributed by atoms with E-state index in [0.717, 1.165) is 55.3 Å². The van der Waals surface area contributed by atoms with Crippen molar-refractivity contribution in [1.29, 1.82) is 0 Å². The maximum Gasteiger partial charge on any atom is 0.228 e. The molecule has 1 fully saturated rings. The van der Waals surface area contributed by atoms with E-state index in [1.165, 1.54) is 0 Å². The number of aromatic nitrogens is 1. The number of piperidine rings is 1. The average Bonchev–Trinajstić information content (AvgIpc) is 3.10. The van der Waals surface area contributed by atoms with Crippen molar-refractivity contribution in [2.24, 2.45) is 4.99 Å². The third-order valence-electron chi connectivity index (χ3n) is 4.94. The van der Waals surface area contributed by atoms with E-state index in [9.17, 15) is 4.79 Å². The molecule has 6 nitrogen and oxygen atoms in total. The lowest BCUT2D eigenvalue weighted by Gasteiger charge is -2.33.